The van der Waals surface area contributed by atoms with Crippen molar-refractivity contribution in [1.29, 1.82) is 0 Å². The van der Waals surface area contributed by atoms with Crippen molar-refractivity contribution in [2.45, 2.75) is 51.1 Å². The molecule has 1 fully saturated rings. The smallest absolute Gasteiger partial charge is 0.0342 e. The number of nitrogens with one attached hydrogen (secondary N) is 2. The Morgan fingerprint density at radius 2 is 2.06 bits per heavy atom. The molecule has 0 radical (unpaired) electrons. The molecule has 0 saturated carbocycles. The van der Waals surface area contributed by atoms with E-state index in [-0.39, 0.29) is 0 Å². The summed E-state index contributed by atoms with van der Waals surface area (Å²) in [4.78, 5) is 0. The fraction of sp³-hybridized carbons (Fsp3) is 0.600. The van der Waals surface area contributed by atoms with Crippen LogP contribution in [0.2, 0.25) is 0 Å². The minimum Gasteiger partial charge on any atom is -0.383 e. The quantitative estimate of drug-likeness (QED) is 0.831. The van der Waals surface area contributed by atoms with Gasteiger partial charge in [-0.25, -0.2) is 0 Å². The molecule has 2 atom stereocenters. The monoisotopic (exact) mass is 232 g/mol. The van der Waals surface area contributed by atoms with Crippen molar-refractivity contribution in [3.05, 3.63) is 30.3 Å². The van der Waals surface area contributed by atoms with E-state index in [9.17, 15) is 0 Å². The Morgan fingerprint density at radius 3 is 2.88 bits per heavy atom. The summed E-state index contributed by atoms with van der Waals surface area (Å²) < 4.78 is 0. The summed E-state index contributed by atoms with van der Waals surface area (Å²) in [5, 5.41) is 7.23. The highest BCUT2D eigenvalue weighted by Crippen LogP contribution is 2.15. The van der Waals surface area contributed by atoms with Crippen LogP contribution in [0.4, 0.5) is 5.69 Å². The van der Waals surface area contributed by atoms with Crippen LogP contribution in [-0.2, 0) is 0 Å². The van der Waals surface area contributed by atoms with Crippen molar-refractivity contribution in [2.24, 2.45) is 0 Å². The molecule has 0 spiro atoms. The zero-order valence-corrected chi connectivity index (χ0v) is 10.8. The van der Waals surface area contributed by atoms with Crippen molar-refractivity contribution in [1.82, 2.24) is 5.32 Å². The Balaban J connectivity index is 1.78. The lowest BCUT2D eigenvalue weighted by atomic mass is 10.0. The van der Waals surface area contributed by atoms with Gasteiger partial charge in [0.1, 0.15) is 0 Å². The van der Waals surface area contributed by atoms with E-state index in [4.69, 9.17) is 0 Å². The predicted octanol–water partition coefficient (Wildman–Crippen LogP) is 3.41. The Hall–Kier alpha value is -1.02. The van der Waals surface area contributed by atoms with E-state index in [0.29, 0.717) is 12.1 Å². The zero-order valence-electron chi connectivity index (χ0n) is 10.8. The van der Waals surface area contributed by atoms with E-state index in [1.165, 1.54) is 44.3 Å². The maximum atomic E-state index is 3.66. The summed E-state index contributed by atoms with van der Waals surface area (Å²) in [5.41, 5.74) is 1.23. The molecule has 0 amide bonds. The molecule has 1 saturated heterocycles. The van der Waals surface area contributed by atoms with E-state index in [2.05, 4.69) is 47.9 Å². The van der Waals surface area contributed by atoms with Crippen molar-refractivity contribution in [2.75, 3.05) is 11.9 Å². The van der Waals surface area contributed by atoms with E-state index in [1.807, 2.05) is 0 Å². The Kier molecular flexibility index (Phi) is 4.87. The SMILES string of the molecule is CC(CC1CCCCCN1)Nc1ccccc1. The van der Waals surface area contributed by atoms with Crippen LogP contribution in [-0.4, -0.2) is 18.6 Å². The molecule has 0 bridgehead atoms. The zero-order chi connectivity index (χ0) is 11.9. The summed E-state index contributed by atoms with van der Waals surface area (Å²) >= 11 is 0. The van der Waals surface area contributed by atoms with E-state index < -0.39 is 0 Å². The lowest BCUT2D eigenvalue weighted by molar-refractivity contribution is 0.456. The second kappa shape index (κ2) is 6.65. The summed E-state index contributed by atoms with van der Waals surface area (Å²) in [6.07, 6.45) is 6.67. The normalized spacial score (nSPS) is 22.8. The summed E-state index contributed by atoms with van der Waals surface area (Å²) in [6, 6.07) is 11.7. The van der Waals surface area contributed by atoms with Crippen molar-refractivity contribution in [3.63, 3.8) is 0 Å². The van der Waals surface area contributed by atoms with Gasteiger partial charge in [-0.2, -0.15) is 0 Å². The molecule has 94 valence electrons. The fourth-order valence-electron chi connectivity index (χ4n) is 2.61. The second-order valence-corrected chi connectivity index (χ2v) is 5.15. The standard InChI is InChI=1S/C15H24N2/c1-13(17-14-8-4-2-5-9-14)12-15-10-6-3-7-11-16-15/h2,4-5,8-9,13,15-17H,3,6-7,10-12H2,1H3. The highest BCUT2D eigenvalue weighted by Gasteiger charge is 2.14. The average Bonchev–Trinajstić information content (AvgIpc) is 2.59. The third kappa shape index (κ3) is 4.39. The molecule has 2 rings (SSSR count). The fourth-order valence-corrected chi connectivity index (χ4v) is 2.61. The first-order valence-corrected chi connectivity index (χ1v) is 6.89. The summed E-state index contributed by atoms with van der Waals surface area (Å²) in [5.74, 6) is 0. The van der Waals surface area contributed by atoms with Crippen LogP contribution in [0.3, 0.4) is 0 Å². The first-order chi connectivity index (χ1) is 8.34. The molecule has 0 aromatic heterocycles. The number of hydrogen-bond donors (Lipinski definition) is 2. The van der Waals surface area contributed by atoms with Gasteiger partial charge in [0.2, 0.25) is 0 Å². The minimum absolute atomic E-state index is 0.535. The van der Waals surface area contributed by atoms with E-state index in [0.717, 1.165) is 0 Å². The van der Waals surface area contributed by atoms with E-state index >= 15 is 0 Å². The topological polar surface area (TPSA) is 24.1 Å². The van der Waals surface area contributed by atoms with Crippen LogP contribution in [0, 0.1) is 0 Å². The first-order valence-electron chi connectivity index (χ1n) is 6.89. The lowest BCUT2D eigenvalue weighted by Gasteiger charge is -2.22. The number of benzene rings is 1. The molecular formula is C15H24N2. The molecule has 1 aromatic carbocycles. The minimum atomic E-state index is 0.535. The number of hydrogen-bond acceptors (Lipinski definition) is 2. The average molecular weight is 232 g/mol. The van der Waals surface area contributed by atoms with Crippen molar-refractivity contribution >= 4 is 5.69 Å². The number of para-hydroxylation sites is 1. The Bertz CT molecular complexity index is 302. The molecule has 2 nitrogen and oxygen atoms in total. The van der Waals surface area contributed by atoms with Gasteiger partial charge in [0.15, 0.2) is 0 Å². The molecule has 1 aliphatic heterocycles. The van der Waals surface area contributed by atoms with Crippen molar-refractivity contribution < 1.29 is 0 Å². The van der Waals surface area contributed by atoms with Gasteiger partial charge in [-0.1, -0.05) is 31.0 Å². The highest BCUT2D eigenvalue weighted by atomic mass is 15.0. The number of anilines is 1. The molecule has 1 aromatic rings. The third-order valence-corrected chi connectivity index (χ3v) is 3.49. The van der Waals surface area contributed by atoms with Crippen LogP contribution in [0.15, 0.2) is 30.3 Å². The maximum Gasteiger partial charge on any atom is 0.0342 e. The maximum absolute atomic E-state index is 3.66. The summed E-state index contributed by atoms with van der Waals surface area (Å²) in [6.45, 7) is 3.47. The van der Waals surface area contributed by atoms with Gasteiger partial charge in [0, 0.05) is 17.8 Å². The molecule has 2 N–H and O–H groups in total. The molecule has 0 aliphatic carbocycles. The van der Waals surface area contributed by atoms with Gasteiger partial charge in [0.05, 0.1) is 0 Å². The first kappa shape index (κ1) is 12.4. The lowest BCUT2D eigenvalue weighted by Crippen LogP contribution is -2.33. The van der Waals surface area contributed by atoms with Crippen LogP contribution in [0.5, 0.6) is 0 Å². The largest absolute Gasteiger partial charge is 0.383 e. The van der Waals surface area contributed by atoms with Crippen LogP contribution < -0.4 is 10.6 Å². The third-order valence-electron chi connectivity index (χ3n) is 3.49. The van der Waals surface area contributed by atoms with Crippen LogP contribution in [0.1, 0.15) is 39.0 Å². The molecule has 1 heterocycles. The Labute approximate surface area is 105 Å². The molecular weight excluding hydrogens is 208 g/mol. The molecule has 1 aliphatic rings. The second-order valence-electron chi connectivity index (χ2n) is 5.15. The van der Waals surface area contributed by atoms with Gasteiger partial charge in [-0.15, -0.1) is 0 Å². The molecule has 2 heteroatoms. The molecule has 2 unspecified atom stereocenters. The molecule has 17 heavy (non-hydrogen) atoms. The highest BCUT2D eigenvalue weighted by molar-refractivity contribution is 5.43. The van der Waals surface area contributed by atoms with E-state index in [1.54, 1.807) is 0 Å². The van der Waals surface area contributed by atoms with Crippen LogP contribution in [0.25, 0.3) is 0 Å². The van der Waals surface area contributed by atoms with Gasteiger partial charge >= 0.3 is 0 Å². The van der Waals surface area contributed by atoms with Crippen LogP contribution >= 0.6 is 0 Å². The van der Waals surface area contributed by atoms with Gasteiger partial charge in [0.25, 0.3) is 0 Å². The predicted molar refractivity (Wildman–Crippen MR) is 74.4 cm³/mol. The van der Waals surface area contributed by atoms with Gasteiger partial charge in [-0.3, -0.25) is 0 Å². The van der Waals surface area contributed by atoms with Gasteiger partial charge < -0.3 is 10.6 Å². The Morgan fingerprint density at radius 1 is 1.24 bits per heavy atom. The summed E-state index contributed by atoms with van der Waals surface area (Å²) in [7, 11) is 0. The number of rotatable bonds is 4. The van der Waals surface area contributed by atoms with Gasteiger partial charge in [-0.05, 0) is 44.9 Å². The van der Waals surface area contributed by atoms with Crippen molar-refractivity contribution in [3.8, 4) is 0 Å².